The molecule has 1 aromatic rings. The number of hydrogen-bond donors (Lipinski definition) is 2. The van der Waals surface area contributed by atoms with E-state index in [2.05, 4.69) is 17.6 Å². The Morgan fingerprint density at radius 2 is 1.74 bits per heavy atom. The Kier molecular flexibility index (Phi) is 8.26. The average Bonchev–Trinajstić information content (AvgIpc) is 2.51. The number of amides is 2. The molecule has 0 aliphatic heterocycles. The van der Waals surface area contributed by atoms with Crippen LogP contribution in [0, 0.1) is 0 Å². The molecular formula is C17H25N3O2S. The Hall–Kier alpha value is -1.95. The van der Waals surface area contributed by atoms with Crippen LogP contribution in [0.15, 0.2) is 24.3 Å². The number of thiocarbonyl (C=S) groups is 1. The number of anilines is 1. The molecule has 0 fully saturated rings. The van der Waals surface area contributed by atoms with Crippen LogP contribution < -0.4 is 10.6 Å². The van der Waals surface area contributed by atoms with E-state index >= 15 is 0 Å². The first kappa shape index (κ1) is 19.1. The van der Waals surface area contributed by atoms with Gasteiger partial charge < -0.3 is 15.5 Å². The highest BCUT2D eigenvalue weighted by Crippen LogP contribution is 2.11. The van der Waals surface area contributed by atoms with Gasteiger partial charge >= 0.3 is 0 Å². The molecule has 2 N–H and O–H groups in total. The van der Waals surface area contributed by atoms with Crippen LogP contribution in [0.5, 0.6) is 0 Å². The quantitative estimate of drug-likeness (QED) is 0.593. The summed E-state index contributed by atoms with van der Waals surface area (Å²) in [5.74, 6) is -0.127. The molecule has 0 saturated carbocycles. The summed E-state index contributed by atoms with van der Waals surface area (Å²) < 4.78 is 0. The number of carbonyl (C=O) groups is 2. The molecule has 0 saturated heterocycles. The fourth-order valence-electron chi connectivity index (χ4n) is 2.02. The highest BCUT2D eigenvalue weighted by atomic mass is 32.1. The lowest BCUT2D eigenvalue weighted by molar-refractivity contribution is -0.119. The highest BCUT2D eigenvalue weighted by molar-refractivity contribution is 7.80. The Morgan fingerprint density at radius 3 is 2.30 bits per heavy atom. The van der Waals surface area contributed by atoms with Crippen molar-refractivity contribution >= 4 is 34.8 Å². The molecule has 23 heavy (non-hydrogen) atoms. The van der Waals surface area contributed by atoms with Gasteiger partial charge in [-0.3, -0.25) is 9.59 Å². The molecular weight excluding hydrogens is 310 g/mol. The van der Waals surface area contributed by atoms with Crippen LogP contribution in [-0.4, -0.2) is 35.9 Å². The maximum atomic E-state index is 11.8. The van der Waals surface area contributed by atoms with Crippen molar-refractivity contribution in [3.8, 4) is 0 Å². The standard InChI is InChI=1S/C17H25N3O2S/c1-4-5-6-7-8-15(21)19-17(23)18-14-11-9-13(10-12-14)16(22)20(2)3/h9-12H,4-8H2,1-3H3,(H2,18,19,21,23). The summed E-state index contributed by atoms with van der Waals surface area (Å²) in [6.45, 7) is 2.14. The lowest BCUT2D eigenvalue weighted by Gasteiger charge is -2.12. The van der Waals surface area contributed by atoms with Crippen molar-refractivity contribution in [3.05, 3.63) is 29.8 Å². The van der Waals surface area contributed by atoms with Gasteiger partial charge in [0.2, 0.25) is 5.91 Å². The smallest absolute Gasteiger partial charge is 0.253 e. The number of rotatable bonds is 7. The first-order valence-electron chi connectivity index (χ1n) is 7.86. The van der Waals surface area contributed by atoms with Crippen molar-refractivity contribution in [1.29, 1.82) is 0 Å². The molecule has 0 bridgehead atoms. The molecule has 1 aromatic carbocycles. The SMILES string of the molecule is CCCCCCC(=O)NC(=S)Nc1ccc(C(=O)N(C)C)cc1. The van der Waals surface area contributed by atoms with E-state index in [4.69, 9.17) is 12.2 Å². The Labute approximate surface area is 143 Å². The minimum Gasteiger partial charge on any atom is -0.345 e. The van der Waals surface area contributed by atoms with Crippen LogP contribution in [0.1, 0.15) is 49.4 Å². The first-order chi connectivity index (χ1) is 10.9. The third-order valence-corrected chi connectivity index (χ3v) is 3.51. The largest absolute Gasteiger partial charge is 0.345 e. The van der Waals surface area contributed by atoms with E-state index in [1.807, 2.05) is 0 Å². The van der Waals surface area contributed by atoms with E-state index < -0.39 is 0 Å². The van der Waals surface area contributed by atoms with Gasteiger partial charge in [-0.1, -0.05) is 26.2 Å². The molecule has 126 valence electrons. The number of hydrogen-bond acceptors (Lipinski definition) is 3. The Morgan fingerprint density at radius 1 is 1.09 bits per heavy atom. The summed E-state index contributed by atoms with van der Waals surface area (Å²) in [6, 6.07) is 6.96. The molecule has 1 rings (SSSR count). The molecule has 0 radical (unpaired) electrons. The van der Waals surface area contributed by atoms with E-state index in [0.29, 0.717) is 12.0 Å². The van der Waals surface area contributed by atoms with E-state index in [9.17, 15) is 9.59 Å². The van der Waals surface area contributed by atoms with Crippen molar-refractivity contribution in [2.75, 3.05) is 19.4 Å². The fourth-order valence-corrected chi connectivity index (χ4v) is 2.25. The molecule has 0 heterocycles. The number of nitrogens with one attached hydrogen (secondary N) is 2. The lowest BCUT2D eigenvalue weighted by Crippen LogP contribution is -2.33. The third kappa shape index (κ3) is 7.23. The molecule has 0 spiro atoms. The second kappa shape index (κ2) is 9.94. The zero-order chi connectivity index (χ0) is 17.2. The summed E-state index contributed by atoms with van der Waals surface area (Å²) in [5.41, 5.74) is 1.34. The Balaban J connectivity index is 2.42. The topological polar surface area (TPSA) is 61.4 Å². The van der Waals surface area contributed by atoms with Crippen molar-refractivity contribution < 1.29 is 9.59 Å². The minimum atomic E-state index is -0.0713. The van der Waals surface area contributed by atoms with Crippen molar-refractivity contribution in [3.63, 3.8) is 0 Å². The van der Waals surface area contributed by atoms with Gasteiger partial charge in [-0.2, -0.15) is 0 Å². The number of unbranched alkanes of at least 4 members (excludes halogenated alkanes) is 3. The van der Waals surface area contributed by atoms with Gasteiger partial charge in [-0.25, -0.2) is 0 Å². The third-order valence-electron chi connectivity index (χ3n) is 3.31. The Bertz CT molecular complexity index is 541. The predicted octanol–water partition coefficient (Wildman–Crippen LogP) is 3.17. The van der Waals surface area contributed by atoms with Crippen LogP contribution >= 0.6 is 12.2 Å². The maximum Gasteiger partial charge on any atom is 0.253 e. The van der Waals surface area contributed by atoms with Crippen molar-refractivity contribution in [2.24, 2.45) is 0 Å². The number of benzene rings is 1. The molecule has 6 heteroatoms. The van der Waals surface area contributed by atoms with E-state index in [1.54, 1.807) is 38.4 Å². The predicted molar refractivity (Wildman–Crippen MR) is 97.6 cm³/mol. The van der Waals surface area contributed by atoms with E-state index in [1.165, 1.54) is 4.90 Å². The van der Waals surface area contributed by atoms with Gasteiger partial charge in [0.05, 0.1) is 0 Å². The lowest BCUT2D eigenvalue weighted by atomic mass is 10.1. The maximum absolute atomic E-state index is 11.8. The van der Waals surface area contributed by atoms with Gasteiger partial charge in [0.15, 0.2) is 5.11 Å². The summed E-state index contributed by atoms with van der Waals surface area (Å²) >= 11 is 5.12. The second-order valence-electron chi connectivity index (χ2n) is 5.59. The monoisotopic (exact) mass is 335 g/mol. The molecule has 2 amide bonds. The van der Waals surface area contributed by atoms with Gasteiger partial charge in [0, 0.05) is 31.8 Å². The summed E-state index contributed by atoms with van der Waals surface area (Å²) in [4.78, 5) is 25.0. The summed E-state index contributed by atoms with van der Waals surface area (Å²) in [7, 11) is 3.42. The van der Waals surface area contributed by atoms with Crippen LogP contribution in [0.3, 0.4) is 0 Å². The molecule has 0 atom stereocenters. The molecule has 0 aliphatic carbocycles. The highest BCUT2D eigenvalue weighted by Gasteiger charge is 2.08. The van der Waals surface area contributed by atoms with E-state index in [-0.39, 0.29) is 16.9 Å². The average molecular weight is 335 g/mol. The zero-order valence-corrected chi connectivity index (χ0v) is 14.8. The second-order valence-corrected chi connectivity index (χ2v) is 6.00. The van der Waals surface area contributed by atoms with E-state index in [0.717, 1.165) is 31.4 Å². The minimum absolute atomic E-state index is 0.0560. The molecule has 0 aliphatic rings. The molecule has 0 unspecified atom stereocenters. The fraction of sp³-hybridized carbons (Fsp3) is 0.471. The molecule has 0 aromatic heterocycles. The number of nitrogens with zero attached hydrogens (tertiary/aromatic N) is 1. The van der Waals surface area contributed by atoms with Crippen LogP contribution in [0.4, 0.5) is 5.69 Å². The normalized spacial score (nSPS) is 10.0. The van der Waals surface area contributed by atoms with Crippen molar-refractivity contribution in [2.45, 2.75) is 39.0 Å². The van der Waals surface area contributed by atoms with Gasteiger partial charge in [-0.15, -0.1) is 0 Å². The first-order valence-corrected chi connectivity index (χ1v) is 8.27. The van der Waals surface area contributed by atoms with Gasteiger partial charge in [-0.05, 0) is 42.9 Å². The van der Waals surface area contributed by atoms with Crippen LogP contribution in [-0.2, 0) is 4.79 Å². The molecule has 5 nitrogen and oxygen atoms in total. The van der Waals surface area contributed by atoms with Crippen LogP contribution in [0.25, 0.3) is 0 Å². The van der Waals surface area contributed by atoms with Gasteiger partial charge in [0.25, 0.3) is 5.91 Å². The zero-order valence-electron chi connectivity index (χ0n) is 14.0. The number of carbonyl (C=O) groups excluding carboxylic acids is 2. The van der Waals surface area contributed by atoms with Crippen molar-refractivity contribution in [1.82, 2.24) is 10.2 Å². The summed E-state index contributed by atoms with van der Waals surface area (Å²) in [6.07, 6.45) is 4.72. The summed E-state index contributed by atoms with van der Waals surface area (Å²) in [5, 5.41) is 5.89. The van der Waals surface area contributed by atoms with Crippen LogP contribution in [0.2, 0.25) is 0 Å². The van der Waals surface area contributed by atoms with Gasteiger partial charge in [0.1, 0.15) is 0 Å².